The fraction of sp³-hybridized carbons (Fsp3) is 0.0465. The third-order valence-corrected chi connectivity index (χ3v) is 10.8. The van der Waals surface area contributed by atoms with Gasteiger partial charge in [-0.3, -0.25) is 0 Å². The first-order valence-corrected chi connectivity index (χ1v) is 17.1. The predicted molar refractivity (Wildman–Crippen MR) is 200 cm³/mol. The van der Waals surface area contributed by atoms with Gasteiger partial charge in [0.1, 0.15) is 0 Å². The SMILES string of the molecule is C1=C(c2nc(-c3ccccc3)nc(-c3ccccc3)n2)CC2C(=C1)N(c1ccccc1)c1c2c2ccccc2c2c1sc1ccccc12. The highest BCUT2D eigenvalue weighted by molar-refractivity contribution is 7.26. The molecule has 2 aliphatic rings. The van der Waals surface area contributed by atoms with Gasteiger partial charge in [-0.05, 0) is 52.6 Å². The average molecular weight is 633 g/mol. The summed E-state index contributed by atoms with van der Waals surface area (Å²) in [5.41, 5.74) is 8.21. The first-order chi connectivity index (χ1) is 23.8. The van der Waals surface area contributed by atoms with Crippen LogP contribution < -0.4 is 4.90 Å². The van der Waals surface area contributed by atoms with Crippen molar-refractivity contribution in [1.29, 1.82) is 0 Å². The third kappa shape index (κ3) is 4.18. The number of aromatic nitrogens is 3. The van der Waals surface area contributed by atoms with E-state index in [1.807, 2.05) is 47.7 Å². The van der Waals surface area contributed by atoms with Crippen molar-refractivity contribution in [2.24, 2.45) is 0 Å². The molecule has 0 fully saturated rings. The molecule has 226 valence electrons. The van der Waals surface area contributed by atoms with E-state index in [0.29, 0.717) is 11.6 Å². The van der Waals surface area contributed by atoms with Gasteiger partial charge in [0, 0.05) is 43.9 Å². The molecule has 2 aromatic heterocycles. The van der Waals surface area contributed by atoms with Crippen LogP contribution >= 0.6 is 11.3 Å². The zero-order valence-electron chi connectivity index (χ0n) is 25.9. The van der Waals surface area contributed by atoms with E-state index >= 15 is 0 Å². The fourth-order valence-corrected chi connectivity index (χ4v) is 8.78. The molecule has 10 rings (SSSR count). The normalized spacial score (nSPS) is 15.4. The Hall–Kier alpha value is -5.91. The van der Waals surface area contributed by atoms with Crippen molar-refractivity contribution in [3.63, 3.8) is 0 Å². The van der Waals surface area contributed by atoms with Crippen LogP contribution in [-0.2, 0) is 0 Å². The molecule has 0 N–H and O–H groups in total. The molecule has 6 aromatic carbocycles. The van der Waals surface area contributed by atoms with Crippen LogP contribution in [0.1, 0.15) is 23.7 Å². The molecule has 1 atom stereocenters. The summed E-state index contributed by atoms with van der Waals surface area (Å²) in [5, 5.41) is 5.28. The first kappa shape index (κ1) is 27.2. The van der Waals surface area contributed by atoms with Gasteiger partial charge in [0.15, 0.2) is 17.5 Å². The maximum atomic E-state index is 5.11. The van der Waals surface area contributed by atoms with E-state index in [2.05, 4.69) is 120 Å². The Bertz CT molecular complexity index is 2530. The molecular formula is C43H28N4S. The van der Waals surface area contributed by atoms with E-state index in [4.69, 9.17) is 15.0 Å². The van der Waals surface area contributed by atoms with Crippen molar-refractivity contribution in [3.8, 4) is 22.8 Å². The molecule has 0 saturated heterocycles. The number of hydrogen-bond donors (Lipinski definition) is 0. The molecule has 0 amide bonds. The molecule has 4 nitrogen and oxygen atoms in total. The number of allylic oxidation sites excluding steroid dienone is 4. The van der Waals surface area contributed by atoms with Crippen LogP contribution in [0.15, 0.2) is 157 Å². The van der Waals surface area contributed by atoms with E-state index in [1.165, 1.54) is 53.6 Å². The second kappa shape index (κ2) is 10.8. The van der Waals surface area contributed by atoms with Gasteiger partial charge in [-0.1, -0.05) is 127 Å². The molecule has 3 heterocycles. The molecule has 1 aliphatic carbocycles. The van der Waals surface area contributed by atoms with Gasteiger partial charge in [-0.25, -0.2) is 15.0 Å². The van der Waals surface area contributed by atoms with Gasteiger partial charge in [0.2, 0.25) is 0 Å². The Morgan fingerprint density at radius 1 is 0.542 bits per heavy atom. The van der Waals surface area contributed by atoms with Crippen LogP contribution in [-0.4, -0.2) is 15.0 Å². The molecule has 48 heavy (non-hydrogen) atoms. The van der Waals surface area contributed by atoms with Crippen LogP contribution in [0.2, 0.25) is 0 Å². The number of para-hydroxylation sites is 1. The maximum absolute atomic E-state index is 5.11. The third-order valence-electron chi connectivity index (χ3n) is 9.62. The number of rotatable bonds is 4. The molecular weight excluding hydrogens is 605 g/mol. The lowest BCUT2D eigenvalue weighted by Crippen LogP contribution is -2.16. The Labute approximate surface area is 282 Å². The smallest absolute Gasteiger partial charge is 0.164 e. The number of fused-ring (bicyclic) bond motifs is 10. The summed E-state index contributed by atoms with van der Waals surface area (Å²) in [6.07, 6.45) is 5.32. The van der Waals surface area contributed by atoms with Gasteiger partial charge in [0.25, 0.3) is 0 Å². The largest absolute Gasteiger partial charge is 0.312 e. The summed E-state index contributed by atoms with van der Waals surface area (Å²) in [6, 6.07) is 49.1. The van der Waals surface area contributed by atoms with Crippen LogP contribution in [0.25, 0.3) is 59.3 Å². The summed E-state index contributed by atoms with van der Waals surface area (Å²) in [4.78, 5) is 17.7. The molecule has 0 spiro atoms. The van der Waals surface area contributed by atoms with E-state index in [9.17, 15) is 0 Å². The second-order valence-corrected chi connectivity index (χ2v) is 13.4. The lowest BCUT2D eigenvalue weighted by atomic mass is 9.84. The van der Waals surface area contributed by atoms with E-state index < -0.39 is 0 Å². The molecule has 8 aromatic rings. The number of nitrogens with zero attached hydrogens (tertiary/aromatic N) is 4. The Balaban J connectivity index is 1.21. The average Bonchev–Trinajstić information content (AvgIpc) is 3.72. The lowest BCUT2D eigenvalue weighted by Gasteiger charge is -2.26. The van der Waals surface area contributed by atoms with Crippen LogP contribution in [0.3, 0.4) is 0 Å². The molecule has 1 aliphatic heterocycles. The standard InChI is InChI=1S/C43H28N4S/c1-4-14-27(15-5-1)41-44-42(28-16-6-2-7-17-28)46-43(45-41)29-24-25-35-34(26-29)37-31-20-10-11-21-32(31)38-33-22-12-13-23-36(33)48-40(38)39(37)47(35)30-18-8-3-9-19-30/h1-25,34H,26H2. The number of anilines is 2. The predicted octanol–water partition coefficient (Wildman–Crippen LogP) is 11.3. The fourth-order valence-electron chi connectivity index (χ4n) is 7.52. The highest BCUT2D eigenvalue weighted by Crippen LogP contribution is 2.59. The van der Waals surface area contributed by atoms with Crippen LogP contribution in [0, 0.1) is 0 Å². The summed E-state index contributed by atoms with van der Waals surface area (Å²) in [6.45, 7) is 0. The van der Waals surface area contributed by atoms with Gasteiger partial charge in [-0.15, -0.1) is 11.3 Å². The van der Waals surface area contributed by atoms with E-state index in [-0.39, 0.29) is 5.92 Å². The zero-order valence-corrected chi connectivity index (χ0v) is 26.7. The van der Waals surface area contributed by atoms with Crippen molar-refractivity contribution >= 4 is 59.2 Å². The molecule has 0 radical (unpaired) electrons. The molecule has 0 saturated carbocycles. The van der Waals surface area contributed by atoms with Crippen molar-refractivity contribution in [3.05, 3.63) is 169 Å². The van der Waals surface area contributed by atoms with E-state index in [0.717, 1.165) is 28.9 Å². The Kier molecular flexibility index (Phi) is 6.14. The number of thiophene rings is 1. The second-order valence-electron chi connectivity index (χ2n) is 12.4. The van der Waals surface area contributed by atoms with Gasteiger partial charge < -0.3 is 4.90 Å². The van der Waals surface area contributed by atoms with Crippen molar-refractivity contribution < 1.29 is 0 Å². The first-order valence-electron chi connectivity index (χ1n) is 16.3. The van der Waals surface area contributed by atoms with Crippen LogP contribution in [0.5, 0.6) is 0 Å². The summed E-state index contributed by atoms with van der Waals surface area (Å²) in [7, 11) is 0. The topological polar surface area (TPSA) is 41.9 Å². The minimum absolute atomic E-state index is 0.136. The van der Waals surface area contributed by atoms with E-state index in [1.54, 1.807) is 0 Å². The van der Waals surface area contributed by atoms with Gasteiger partial charge in [0.05, 0.1) is 10.4 Å². The monoisotopic (exact) mass is 632 g/mol. The maximum Gasteiger partial charge on any atom is 0.164 e. The number of hydrogen-bond acceptors (Lipinski definition) is 5. The van der Waals surface area contributed by atoms with Gasteiger partial charge >= 0.3 is 0 Å². The quantitative estimate of drug-likeness (QED) is 0.194. The highest BCUT2D eigenvalue weighted by atomic mass is 32.1. The highest BCUT2D eigenvalue weighted by Gasteiger charge is 2.40. The molecule has 5 heteroatoms. The summed E-state index contributed by atoms with van der Waals surface area (Å²) >= 11 is 1.90. The molecule has 0 bridgehead atoms. The number of benzene rings is 6. The summed E-state index contributed by atoms with van der Waals surface area (Å²) in [5.74, 6) is 2.23. The molecule has 1 unspecified atom stereocenters. The zero-order chi connectivity index (χ0) is 31.6. The summed E-state index contributed by atoms with van der Waals surface area (Å²) < 4.78 is 2.65. The Morgan fingerprint density at radius 2 is 1.10 bits per heavy atom. The Morgan fingerprint density at radius 3 is 1.79 bits per heavy atom. The minimum atomic E-state index is 0.136. The van der Waals surface area contributed by atoms with Crippen molar-refractivity contribution in [2.75, 3.05) is 4.90 Å². The van der Waals surface area contributed by atoms with Crippen molar-refractivity contribution in [2.45, 2.75) is 12.3 Å². The minimum Gasteiger partial charge on any atom is -0.312 e. The lowest BCUT2D eigenvalue weighted by molar-refractivity contribution is 0.827. The van der Waals surface area contributed by atoms with Crippen molar-refractivity contribution in [1.82, 2.24) is 15.0 Å². The van der Waals surface area contributed by atoms with Crippen LogP contribution in [0.4, 0.5) is 11.4 Å². The van der Waals surface area contributed by atoms with Gasteiger partial charge in [-0.2, -0.15) is 0 Å².